The largest absolute Gasteiger partial charge is 0.494 e. The van der Waals surface area contributed by atoms with E-state index in [2.05, 4.69) is 19.2 Å². The molecule has 0 amide bonds. The fraction of sp³-hybridized carbons (Fsp3) is 0.571. The average Bonchev–Trinajstić information content (AvgIpc) is 2.34. The fourth-order valence-corrected chi connectivity index (χ4v) is 1.83. The topological polar surface area (TPSA) is 21.3 Å². The van der Waals surface area contributed by atoms with E-state index < -0.39 is 0 Å². The van der Waals surface area contributed by atoms with E-state index in [9.17, 15) is 4.39 Å². The van der Waals surface area contributed by atoms with Crippen LogP contribution in [0.4, 0.5) is 4.39 Å². The summed E-state index contributed by atoms with van der Waals surface area (Å²) in [6, 6.07) is 5.60. The molecule has 0 bridgehead atoms. The number of benzene rings is 1. The van der Waals surface area contributed by atoms with Gasteiger partial charge in [-0.05, 0) is 43.5 Å². The van der Waals surface area contributed by atoms with Crippen molar-refractivity contribution in [2.75, 3.05) is 13.7 Å². The van der Waals surface area contributed by atoms with Crippen LogP contribution in [0, 0.1) is 5.82 Å². The molecule has 0 saturated carbocycles. The molecule has 0 saturated heterocycles. The van der Waals surface area contributed by atoms with Gasteiger partial charge in [0.25, 0.3) is 0 Å². The Bertz CT molecular complexity index is 341. The van der Waals surface area contributed by atoms with Crippen LogP contribution in [0.25, 0.3) is 0 Å². The van der Waals surface area contributed by atoms with Crippen LogP contribution in [0.15, 0.2) is 18.2 Å². The zero-order valence-electron chi connectivity index (χ0n) is 10.9. The third kappa shape index (κ3) is 4.35. The van der Waals surface area contributed by atoms with Gasteiger partial charge in [0, 0.05) is 6.04 Å². The second kappa shape index (κ2) is 7.28. The first-order valence-electron chi connectivity index (χ1n) is 6.27. The van der Waals surface area contributed by atoms with Gasteiger partial charge in [-0.25, -0.2) is 4.39 Å². The molecular formula is C14H22FNO. The third-order valence-corrected chi connectivity index (χ3v) is 2.87. The zero-order chi connectivity index (χ0) is 12.7. The Morgan fingerprint density at radius 2 is 2.12 bits per heavy atom. The van der Waals surface area contributed by atoms with Gasteiger partial charge in [0.15, 0.2) is 11.6 Å². The van der Waals surface area contributed by atoms with Crippen LogP contribution in [-0.4, -0.2) is 19.7 Å². The molecule has 2 nitrogen and oxygen atoms in total. The summed E-state index contributed by atoms with van der Waals surface area (Å²) in [5.74, 6) is 0.0265. The monoisotopic (exact) mass is 239 g/mol. The molecular weight excluding hydrogens is 217 g/mol. The minimum Gasteiger partial charge on any atom is -0.494 e. The molecule has 3 heteroatoms. The highest BCUT2D eigenvalue weighted by Crippen LogP contribution is 2.18. The van der Waals surface area contributed by atoms with Gasteiger partial charge in [-0.2, -0.15) is 0 Å². The smallest absolute Gasteiger partial charge is 0.165 e. The fourth-order valence-electron chi connectivity index (χ4n) is 1.83. The molecule has 1 N–H and O–H groups in total. The van der Waals surface area contributed by atoms with Crippen LogP contribution >= 0.6 is 0 Å². The molecule has 0 aliphatic carbocycles. The molecule has 1 atom stereocenters. The summed E-state index contributed by atoms with van der Waals surface area (Å²) >= 11 is 0. The summed E-state index contributed by atoms with van der Waals surface area (Å²) in [5, 5.41) is 3.46. The molecule has 0 heterocycles. The van der Waals surface area contributed by atoms with Crippen molar-refractivity contribution >= 4 is 0 Å². The van der Waals surface area contributed by atoms with Crippen molar-refractivity contribution in [2.24, 2.45) is 0 Å². The van der Waals surface area contributed by atoms with Gasteiger partial charge < -0.3 is 10.1 Å². The lowest BCUT2D eigenvalue weighted by atomic mass is 10.0. The summed E-state index contributed by atoms with van der Waals surface area (Å²) in [7, 11) is 1.48. The summed E-state index contributed by atoms with van der Waals surface area (Å²) in [5.41, 5.74) is 1.01. The van der Waals surface area contributed by atoms with Crippen LogP contribution in [0.3, 0.4) is 0 Å². The Morgan fingerprint density at radius 3 is 2.65 bits per heavy atom. The van der Waals surface area contributed by atoms with Crippen LogP contribution < -0.4 is 10.1 Å². The molecule has 17 heavy (non-hydrogen) atoms. The lowest BCUT2D eigenvalue weighted by Gasteiger charge is -2.16. The molecule has 1 aromatic rings. The number of halogens is 1. The number of nitrogens with one attached hydrogen (secondary N) is 1. The van der Waals surface area contributed by atoms with Crippen LogP contribution in [0.1, 0.15) is 32.3 Å². The highest BCUT2D eigenvalue weighted by atomic mass is 19.1. The van der Waals surface area contributed by atoms with Crippen molar-refractivity contribution in [1.29, 1.82) is 0 Å². The Hall–Kier alpha value is -1.09. The maximum Gasteiger partial charge on any atom is 0.165 e. The van der Waals surface area contributed by atoms with E-state index in [0.29, 0.717) is 11.8 Å². The summed E-state index contributed by atoms with van der Waals surface area (Å²) in [6.07, 6.45) is 3.03. The first-order chi connectivity index (χ1) is 8.21. The lowest BCUT2D eigenvalue weighted by molar-refractivity contribution is 0.385. The molecule has 0 fully saturated rings. The van der Waals surface area contributed by atoms with Gasteiger partial charge >= 0.3 is 0 Å². The summed E-state index contributed by atoms with van der Waals surface area (Å²) in [4.78, 5) is 0. The Labute approximate surface area is 103 Å². The van der Waals surface area contributed by atoms with E-state index in [1.807, 2.05) is 6.07 Å². The van der Waals surface area contributed by atoms with E-state index in [4.69, 9.17) is 4.74 Å². The van der Waals surface area contributed by atoms with Crippen LogP contribution in [0.2, 0.25) is 0 Å². The van der Waals surface area contributed by atoms with Gasteiger partial charge in [0.05, 0.1) is 7.11 Å². The van der Waals surface area contributed by atoms with E-state index >= 15 is 0 Å². The van der Waals surface area contributed by atoms with Gasteiger partial charge in [-0.3, -0.25) is 0 Å². The molecule has 0 aliphatic heterocycles. The molecule has 0 spiro atoms. The number of hydrogen-bond acceptors (Lipinski definition) is 2. The van der Waals surface area contributed by atoms with Crippen molar-refractivity contribution < 1.29 is 9.13 Å². The minimum atomic E-state index is -0.282. The summed E-state index contributed by atoms with van der Waals surface area (Å²) in [6.45, 7) is 5.30. The first kappa shape index (κ1) is 14.0. The van der Waals surface area contributed by atoms with Crippen molar-refractivity contribution in [3.63, 3.8) is 0 Å². The average molecular weight is 239 g/mol. The van der Waals surface area contributed by atoms with Crippen molar-refractivity contribution in [2.45, 2.75) is 39.2 Å². The van der Waals surface area contributed by atoms with Gasteiger partial charge in [-0.1, -0.05) is 19.9 Å². The predicted molar refractivity (Wildman–Crippen MR) is 69.0 cm³/mol. The molecule has 1 rings (SSSR count). The predicted octanol–water partition coefficient (Wildman–Crippen LogP) is 3.16. The Morgan fingerprint density at radius 1 is 1.35 bits per heavy atom. The van der Waals surface area contributed by atoms with Gasteiger partial charge in [0.1, 0.15) is 0 Å². The minimum absolute atomic E-state index is 0.282. The van der Waals surface area contributed by atoms with E-state index in [1.54, 1.807) is 12.1 Å². The van der Waals surface area contributed by atoms with Crippen molar-refractivity contribution in [3.05, 3.63) is 29.6 Å². The SMILES string of the molecule is CCCNC(CC)Cc1ccc(OC)c(F)c1. The molecule has 1 aromatic carbocycles. The standard InChI is InChI=1S/C14H22FNO/c1-4-8-16-12(5-2)9-11-6-7-14(17-3)13(15)10-11/h6-7,10,12,16H,4-5,8-9H2,1-3H3. The molecule has 0 aromatic heterocycles. The van der Waals surface area contributed by atoms with E-state index in [-0.39, 0.29) is 5.82 Å². The number of ether oxygens (including phenoxy) is 1. The third-order valence-electron chi connectivity index (χ3n) is 2.87. The number of hydrogen-bond donors (Lipinski definition) is 1. The molecule has 96 valence electrons. The van der Waals surface area contributed by atoms with Crippen LogP contribution in [-0.2, 0) is 6.42 Å². The second-order valence-corrected chi connectivity index (χ2v) is 4.23. The highest BCUT2D eigenvalue weighted by molar-refractivity contribution is 5.29. The molecule has 0 aliphatic rings. The van der Waals surface area contributed by atoms with Gasteiger partial charge in [-0.15, -0.1) is 0 Å². The Balaban J connectivity index is 2.63. The van der Waals surface area contributed by atoms with E-state index in [0.717, 1.165) is 31.4 Å². The normalized spacial score (nSPS) is 12.5. The Kier molecular flexibility index (Phi) is 5.98. The molecule has 1 unspecified atom stereocenters. The second-order valence-electron chi connectivity index (χ2n) is 4.23. The maximum atomic E-state index is 13.5. The quantitative estimate of drug-likeness (QED) is 0.789. The lowest BCUT2D eigenvalue weighted by Crippen LogP contribution is -2.31. The number of rotatable bonds is 7. The number of methoxy groups -OCH3 is 1. The maximum absolute atomic E-state index is 13.5. The van der Waals surface area contributed by atoms with Crippen molar-refractivity contribution in [1.82, 2.24) is 5.32 Å². The zero-order valence-corrected chi connectivity index (χ0v) is 10.9. The van der Waals surface area contributed by atoms with Crippen LogP contribution in [0.5, 0.6) is 5.75 Å². The van der Waals surface area contributed by atoms with Gasteiger partial charge in [0.2, 0.25) is 0 Å². The summed E-state index contributed by atoms with van der Waals surface area (Å²) < 4.78 is 18.4. The highest BCUT2D eigenvalue weighted by Gasteiger charge is 2.09. The van der Waals surface area contributed by atoms with E-state index in [1.165, 1.54) is 7.11 Å². The van der Waals surface area contributed by atoms with Crippen molar-refractivity contribution in [3.8, 4) is 5.75 Å². The molecule has 0 radical (unpaired) electrons. The first-order valence-corrected chi connectivity index (χ1v) is 6.27.